The molecule has 0 aliphatic rings. The Morgan fingerprint density at radius 1 is 1.56 bits per heavy atom. The first-order valence-electron chi connectivity index (χ1n) is 4.70. The average molecular weight is 229 g/mol. The van der Waals surface area contributed by atoms with Crippen LogP contribution in [0.3, 0.4) is 0 Å². The molecule has 0 spiro atoms. The second kappa shape index (κ2) is 4.57. The minimum Gasteiger partial charge on any atom is -0.467 e. The van der Waals surface area contributed by atoms with E-state index in [1.54, 1.807) is 0 Å². The van der Waals surface area contributed by atoms with Crippen LogP contribution in [0.4, 0.5) is 8.78 Å². The first-order chi connectivity index (χ1) is 7.42. The van der Waals surface area contributed by atoms with E-state index >= 15 is 0 Å². The summed E-state index contributed by atoms with van der Waals surface area (Å²) in [4.78, 5) is 11.5. The van der Waals surface area contributed by atoms with E-state index in [9.17, 15) is 13.6 Å². The van der Waals surface area contributed by atoms with E-state index in [-0.39, 0.29) is 5.56 Å². The third kappa shape index (κ3) is 2.04. The molecule has 88 valence electrons. The second-order valence-corrected chi connectivity index (χ2v) is 3.49. The maximum absolute atomic E-state index is 13.5. The number of hydrogen-bond donors (Lipinski definition) is 1. The van der Waals surface area contributed by atoms with Crippen LogP contribution < -0.4 is 5.73 Å². The molecule has 0 fully saturated rings. The average Bonchev–Trinajstić information content (AvgIpc) is 2.26. The Hall–Kier alpha value is -1.49. The summed E-state index contributed by atoms with van der Waals surface area (Å²) in [5.74, 6) is -1.52. The number of nitrogens with two attached hydrogens (primary N) is 1. The fraction of sp³-hybridized carbons (Fsp3) is 0.364. The highest BCUT2D eigenvalue weighted by molar-refractivity contribution is 5.83. The van der Waals surface area contributed by atoms with Crippen LogP contribution in [0.5, 0.6) is 0 Å². The van der Waals surface area contributed by atoms with Crippen LogP contribution in [0.2, 0.25) is 0 Å². The standard InChI is InChI=1S/C11H13F2NO2/c1-7(12)11(14,10(15)16-2)8-4-3-5-9(13)6-8/h3-7H,14H2,1-2H3. The second-order valence-electron chi connectivity index (χ2n) is 3.49. The number of ether oxygens (including phenoxy) is 1. The van der Waals surface area contributed by atoms with Gasteiger partial charge in [0, 0.05) is 0 Å². The maximum atomic E-state index is 13.5. The summed E-state index contributed by atoms with van der Waals surface area (Å²) in [6.45, 7) is 1.13. The third-order valence-corrected chi connectivity index (χ3v) is 2.45. The quantitative estimate of drug-likeness (QED) is 0.799. The molecule has 0 saturated heterocycles. The largest absolute Gasteiger partial charge is 0.467 e. The molecule has 1 aromatic carbocycles. The number of rotatable bonds is 3. The zero-order chi connectivity index (χ0) is 12.3. The fourth-order valence-electron chi connectivity index (χ4n) is 1.42. The molecule has 0 heterocycles. The van der Waals surface area contributed by atoms with Crippen LogP contribution >= 0.6 is 0 Å². The summed E-state index contributed by atoms with van der Waals surface area (Å²) in [6.07, 6.45) is -1.69. The normalized spacial score (nSPS) is 16.3. The van der Waals surface area contributed by atoms with Crippen molar-refractivity contribution in [2.45, 2.75) is 18.6 Å². The molecule has 0 radical (unpaired) electrons. The lowest BCUT2D eigenvalue weighted by Crippen LogP contribution is -2.52. The maximum Gasteiger partial charge on any atom is 0.333 e. The van der Waals surface area contributed by atoms with Gasteiger partial charge in [-0.15, -0.1) is 0 Å². The van der Waals surface area contributed by atoms with Gasteiger partial charge in [-0.1, -0.05) is 12.1 Å². The lowest BCUT2D eigenvalue weighted by molar-refractivity contribution is -0.150. The number of alkyl halides is 1. The van der Waals surface area contributed by atoms with Crippen LogP contribution in [0.15, 0.2) is 24.3 Å². The molecular formula is C11H13F2NO2. The Balaban J connectivity index is 3.27. The molecule has 0 aromatic heterocycles. The van der Waals surface area contributed by atoms with E-state index in [1.807, 2.05) is 0 Å². The smallest absolute Gasteiger partial charge is 0.333 e. The molecule has 0 saturated carbocycles. The highest BCUT2D eigenvalue weighted by atomic mass is 19.1. The van der Waals surface area contributed by atoms with Crippen molar-refractivity contribution in [3.8, 4) is 0 Å². The van der Waals surface area contributed by atoms with E-state index in [0.29, 0.717) is 0 Å². The SMILES string of the molecule is COC(=O)C(N)(c1cccc(F)c1)C(C)F. The Morgan fingerprint density at radius 2 is 2.19 bits per heavy atom. The summed E-state index contributed by atoms with van der Waals surface area (Å²) >= 11 is 0. The number of halogens is 2. The van der Waals surface area contributed by atoms with Crippen molar-refractivity contribution < 1.29 is 18.3 Å². The zero-order valence-electron chi connectivity index (χ0n) is 9.04. The molecule has 16 heavy (non-hydrogen) atoms. The number of hydrogen-bond acceptors (Lipinski definition) is 3. The van der Waals surface area contributed by atoms with Gasteiger partial charge >= 0.3 is 5.97 Å². The van der Waals surface area contributed by atoms with Crippen LogP contribution in [0.1, 0.15) is 12.5 Å². The molecule has 0 aliphatic heterocycles. The van der Waals surface area contributed by atoms with Crippen LogP contribution in [-0.2, 0) is 15.1 Å². The third-order valence-electron chi connectivity index (χ3n) is 2.45. The van der Waals surface area contributed by atoms with Crippen molar-refractivity contribution in [2.24, 2.45) is 5.73 Å². The van der Waals surface area contributed by atoms with Gasteiger partial charge in [0.25, 0.3) is 0 Å². The lowest BCUT2D eigenvalue weighted by Gasteiger charge is -2.28. The monoisotopic (exact) mass is 229 g/mol. The Labute approximate surface area is 92.2 Å². The van der Waals surface area contributed by atoms with Crippen LogP contribution in [0, 0.1) is 5.82 Å². The molecule has 2 unspecified atom stereocenters. The zero-order valence-corrected chi connectivity index (χ0v) is 9.04. The number of esters is 1. The van der Waals surface area contributed by atoms with Gasteiger partial charge in [-0.2, -0.15) is 0 Å². The topological polar surface area (TPSA) is 52.3 Å². The predicted molar refractivity (Wildman–Crippen MR) is 54.9 cm³/mol. The highest BCUT2D eigenvalue weighted by Gasteiger charge is 2.43. The van der Waals surface area contributed by atoms with E-state index in [0.717, 1.165) is 20.1 Å². The summed E-state index contributed by atoms with van der Waals surface area (Å²) < 4.78 is 30.9. The van der Waals surface area contributed by atoms with Gasteiger partial charge in [-0.25, -0.2) is 13.6 Å². The van der Waals surface area contributed by atoms with Gasteiger partial charge in [0.15, 0.2) is 5.54 Å². The number of carbonyl (C=O) groups excluding carboxylic acids is 1. The molecule has 1 rings (SSSR count). The first kappa shape index (κ1) is 12.6. The molecule has 3 nitrogen and oxygen atoms in total. The number of carbonyl (C=O) groups is 1. The van der Waals surface area contributed by atoms with Crippen LogP contribution in [-0.4, -0.2) is 19.3 Å². The summed E-state index contributed by atoms with van der Waals surface area (Å²) in [5, 5.41) is 0. The van der Waals surface area contributed by atoms with Crippen LogP contribution in [0.25, 0.3) is 0 Å². The number of methoxy groups -OCH3 is 1. The van der Waals surface area contributed by atoms with Crippen molar-refractivity contribution in [1.82, 2.24) is 0 Å². The fourth-order valence-corrected chi connectivity index (χ4v) is 1.42. The van der Waals surface area contributed by atoms with Gasteiger partial charge in [0.2, 0.25) is 0 Å². The van der Waals surface area contributed by atoms with Gasteiger partial charge in [0.1, 0.15) is 12.0 Å². The Kier molecular flexibility index (Phi) is 3.59. The molecule has 0 amide bonds. The molecule has 5 heteroatoms. The number of benzene rings is 1. The molecule has 2 atom stereocenters. The van der Waals surface area contributed by atoms with E-state index < -0.39 is 23.5 Å². The van der Waals surface area contributed by atoms with E-state index in [2.05, 4.69) is 4.74 Å². The molecular weight excluding hydrogens is 216 g/mol. The van der Waals surface area contributed by atoms with Crippen molar-refractivity contribution in [3.05, 3.63) is 35.6 Å². The lowest BCUT2D eigenvalue weighted by atomic mass is 9.87. The summed E-state index contributed by atoms with van der Waals surface area (Å²) in [5.41, 5.74) is 3.74. The minimum absolute atomic E-state index is 0.0503. The van der Waals surface area contributed by atoms with Crippen molar-refractivity contribution >= 4 is 5.97 Å². The summed E-state index contributed by atoms with van der Waals surface area (Å²) in [7, 11) is 1.10. The van der Waals surface area contributed by atoms with Gasteiger partial charge in [-0.3, -0.25) is 0 Å². The molecule has 0 bridgehead atoms. The van der Waals surface area contributed by atoms with Gasteiger partial charge in [-0.05, 0) is 24.6 Å². The van der Waals surface area contributed by atoms with Crippen molar-refractivity contribution in [3.63, 3.8) is 0 Å². The van der Waals surface area contributed by atoms with E-state index in [4.69, 9.17) is 5.73 Å². The van der Waals surface area contributed by atoms with E-state index in [1.165, 1.54) is 18.2 Å². The molecule has 2 N–H and O–H groups in total. The van der Waals surface area contributed by atoms with Gasteiger partial charge in [0.05, 0.1) is 7.11 Å². The van der Waals surface area contributed by atoms with Crippen molar-refractivity contribution in [2.75, 3.05) is 7.11 Å². The molecule has 1 aromatic rings. The first-order valence-corrected chi connectivity index (χ1v) is 4.70. The Bertz CT molecular complexity index is 395. The highest BCUT2D eigenvalue weighted by Crippen LogP contribution is 2.26. The predicted octanol–water partition coefficient (Wildman–Crippen LogP) is 1.51. The van der Waals surface area contributed by atoms with Crippen molar-refractivity contribution in [1.29, 1.82) is 0 Å². The van der Waals surface area contributed by atoms with Gasteiger partial charge < -0.3 is 10.5 Å². The summed E-state index contributed by atoms with van der Waals surface area (Å²) in [6, 6.07) is 4.95. The Morgan fingerprint density at radius 3 is 2.62 bits per heavy atom. The molecule has 0 aliphatic carbocycles. The minimum atomic E-state index is -1.98.